The van der Waals surface area contributed by atoms with E-state index < -0.39 is 0 Å². The molecule has 1 heterocycles. The van der Waals surface area contributed by atoms with E-state index in [1.54, 1.807) is 12.1 Å². The number of piperidine rings is 1. The van der Waals surface area contributed by atoms with Crippen LogP contribution < -0.4 is 15.4 Å². The van der Waals surface area contributed by atoms with E-state index in [1.807, 2.05) is 24.3 Å². The molecule has 0 bridgehead atoms. The lowest BCUT2D eigenvalue weighted by atomic mass is 9.98. The standard InChI is InChI=1S/C18H21FN2O/c19-15-4-6-17(7-5-15)22-18-3-1-2-16(12-18)21-13-14-8-10-20-11-9-14/h1-7,12,14,20-21H,8-11,13H2. The third kappa shape index (κ3) is 4.21. The lowest BCUT2D eigenvalue weighted by molar-refractivity contribution is 0.390. The van der Waals surface area contributed by atoms with Gasteiger partial charge in [0.15, 0.2) is 0 Å². The van der Waals surface area contributed by atoms with Gasteiger partial charge in [-0.3, -0.25) is 0 Å². The maximum Gasteiger partial charge on any atom is 0.129 e. The van der Waals surface area contributed by atoms with E-state index in [0.717, 1.165) is 37.0 Å². The van der Waals surface area contributed by atoms with Gasteiger partial charge in [-0.25, -0.2) is 4.39 Å². The molecule has 1 aliphatic rings. The Morgan fingerprint density at radius 2 is 1.82 bits per heavy atom. The van der Waals surface area contributed by atoms with E-state index in [1.165, 1.54) is 25.0 Å². The van der Waals surface area contributed by atoms with Crippen molar-refractivity contribution >= 4 is 5.69 Å². The molecule has 0 aromatic heterocycles. The van der Waals surface area contributed by atoms with Crippen LogP contribution in [0.25, 0.3) is 0 Å². The van der Waals surface area contributed by atoms with Crippen molar-refractivity contribution in [2.75, 3.05) is 25.0 Å². The van der Waals surface area contributed by atoms with Crippen molar-refractivity contribution in [3.8, 4) is 11.5 Å². The number of hydrogen-bond donors (Lipinski definition) is 2. The van der Waals surface area contributed by atoms with Crippen molar-refractivity contribution in [1.82, 2.24) is 5.32 Å². The van der Waals surface area contributed by atoms with Gasteiger partial charge in [-0.15, -0.1) is 0 Å². The molecule has 3 nitrogen and oxygen atoms in total. The maximum absolute atomic E-state index is 12.9. The molecule has 0 amide bonds. The molecule has 0 aliphatic carbocycles. The topological polar surface area (TPSA) is 33.3 Å². The summed E-state index contributed by atoms with van der Waals surface area (Å²) in [6, 6.07) is 13.9. The highest BCUT2D eigenvalue weighted by atomic mass is 19.1. The fraction of sp³-hybridized carbons (Fsp3) is 0.333. The molecule has 0 unspecified atom stereocenters. The van der Waals surface area contributed by atoms with E-state index in [4.69, 9.17) is 4.74 Å². The summed E-state index contributed by atoms with van der Waals surface area (Å²) in [5.74, 6) is 1.85. The quantitative estimate of drug-likeness (QED) is 0.874. The van der Waals surface area contributed by atoms with Crippen molar-refractivity contribution in [1.29, 1.82) is 0 Å². The first kappa shape index (κ1) is 14.9. The third-order valence-electron chi connectivity index (χ3n) is 3.94. The zero-order chi connectivity index (χ0) is 15.2. The van der Waals surface area contributed by atoms with Gasteiger partial charge in [0.05, 0.1) is 0 Å². The molecule has 0 saturated carbocycles. The van der Waals surface area contributed by atoms with E-state index in [0.29, 0.717) is 5.75 Å². The monoisotopic (exact) mass is 300 g/mol. The van der Waals surface area contributed by atoms with Crippen LogP contribution in [0.5, 0.6) is 11.5 Å². The number of halogens is 1. The molecule has 2 aromatic carbocycles. The highest BCUT2D eigenvalue weighted by molar-refractivity contribution is 5.49. The minimum atomic E-state index is -0.260. The van der Waals surface area contributed by atoms with Gasteiger partial charge in [-0.2, -0.15) is 0 Å². The Balaban J connectivity index is 1.58. The number of hydrogen-bond acceptors (Lipinski definition) is 3. The Hall–Kier alpha value is -2.07. The fourth-order valence-corrected chi connectivity index (χ4v) is 2.66. The van der Waals surface area contributed by atoms with Gasteiger partial charge in [0.25, 0.3) is 0 Å². The summed E-state index contributed by atoms with van der Waals surface area (Å²) in [4.78, 5) is 0. The zero-order valence-corrected chi connectivity index (χ0v) is 12.5. The van der Waals surface area contributed by atoms with Crippen LogP contribution in [0.1, 0.15) is 12.8 Å². The molecule has 1 aliphatic heterocycles. The van der Waals surface area contributed by atoms with E-state index in [2.05, 4.69) is 10.6 Å². The largest absolute Gasteiger partial charge is 0.457 e. The summed E-state index contributed by atoms with van der Waals surface area (Å²) < 4.78 is 18.6. The Kier molecular flexibility index (Phi) is 4.91. The summed E-state index contributed by atoms with van der Waals surface area (Å²) >= 11 is 0. The fourth-order valence-electron chi connectivity index (χ4n) is 2.66. The number of rotatable bonds is 5. The molecule has 3 rings (SSSR count). The van der Waals surface area contributed by atoms with Crippen LogP contribution in [0.15, 0.2) is 48.5 Å². The van der Waals surface area contributed by atoms with E-state index in [9.17, 15) is 4.39 Å². The number of nitrogens with one attached hydrogen (secondary N) is 2. The number of benzene rings is 2. The minimum absolute atomic E-state index is 0.260. The molecule has 0 atom stereocenters. The van der Waals surface area contributed by atoms with Crippen molar-refractivity contribution in [3.63, 3.8) is 0 Å². The molecule has 4 heteroatoms. The Morgan fingerprint density at radius 1 is 1.05 bits per heavy atom. The van der Waals surface area contributed by atoms with Crippen LogP contribution in [0.4, 0.5) is 10.1 Å². The first-order valence-corrected chi connectivity index (χ1v) is 7.78. The summed E-state index contributed by atoms with van der Waals surface area (Å²) in [5, 5.41) is 6.86. The molecule has 0 spiro atoms. The molecule has 116 valence electrons. The first-order chi connectivity index (χ1) is 10.8. The van der Waals surface area contributed by atoms with E-state index >= 15 is 0 Å². The lowest BCUT2D eigenvalue weighted by Crippen LogP contribution is -2.31. The van der Waals surface area contributed by atoms with Crippen LogP contribution in [-0.4, -0.2) is 19.6 Å². The Bertz CT molecular complexity index is 594. The average Bonchev–Trinajstić information content (AvgIpc) is 2.57. The second-order valence-corrected chi connectivity index (χ2v) is 5.66. The summed E-state index contributed by atoms with van der Waals surface area (Å²) in [6.07, 6.45) is 2.44. The van der Waals surface area contributed by atoms with Crippen molar-refractivity contribution in [2.45, 2.75) is 12.8 Å². The summed E-state index contributed by atoms with van der Waals surface area (Å²) in [7, 11) is 0. The van der Waals surface area contributed by atoms with Gasteiger partial charge in [0.2, 0.25) is 0 Å². The molecular formula is C18H21FN2O. The molecule has 2 aromatic rings. The van der Waals surface area contributed by atoms with Crippen LogP contribution >= 0.6 is 0 Å². The molecule has 1 fully saturated rings. The smallest absolute Gasteiger partial charge is 0.129 e. The van der Waals surface area contributed by atoms with Crippen LogP contribution in [0, 0.1) is 11.7 Å². The van der Waals surface area contributed by atoms with Gasteiger partial charge in [-0.1, -0.05) is 6.07 Å². The second kappa shape index (κ2) is 7.27. The van der Waals surface area contributed by atoms with Crippen LogP contribution in [-0.2, 0) is 0 Å². The average molecular weight is 300 g/mol. The van der Waals surface area contributed by atoms with Gasteiger partial charge >= 0.3 is 0 Å². The normalized spacial score (nSPS) is 15.5. The molecule has 2 N–H and O–H groups in total. The van der Waals surface area contributed by atoms with Crippen molar-refractivity contribution < 1.29 is 9.13 Å². The SMILES string of the molecule is Fc1ccc(Oc2cccc(NCC3CCNCC3)c2)cc1. The van der Waals surface area contributed by atoms with Gasteiger partial charge in [-0.05, 0) is 68.2 Å². The van der Waals surface area contributed by atoms with Crippen LogP contribution in [0.3, 0.4) is 0 Å². The highest BCUT2D eigenvalue weighted by Gasteiger charge is 2.12. The van der Waals surface area contributed by atoms with Gasteiger partial charge in [0, 0.05) is 18.3 Å². The van der Waals surface area contributed by atoms with Gasteiger partial charge < -0.3 is 15.4 Å². The third-order valence-corrected chi connectivity index (χ3v) is 3.94. The van der Waals surface area contributed by atoms with E-state index in [-0.39, 0.29) is 5.82 Å². The second-order valence-electron chi connectivity index (χ2n) is 5.66. The summed E-state index contributed by atoms with van der Waals surface area (Å²) in [5.41, 5.74) is 1.05. The molecule has 1 saturated heterocycles. The predicted octanol–water partition coefficient (Wildman–Crippen LogP) is 4.03. The predicted molar refractivity (Wildman–Crippen MR) is 87.0 cm³/mol. The number of anilines is 1. The van der Waals surface area contributed by atoms with Crippen LogP contribution in [0.2, 0.25) is 0 Å². The highest BCUT2D eigenvalue weighted by Crippen LogP contribution is 2.24. The molecule has 0 radical (unpaired) electrons. The first-order valence-electron chi connectivity index (χ1n) is 7.78. The minimum Gasteiger partial charge on any atom is -0.457 e. The zero-order valence-electron chi connectivity index (χ0n) is 12.5. The van der Waals surface area contributed by atoms with Crippen molar-refractivity contribution in [2.24, 2.45) is 5.92 Å². The van der Waals surface area contributed by atoms with Crippen molar-refractivity contribution in [3.05, 3.63) is 54.3 Å². The Morgan fingerprint density at radius 3 is 2.59 bits per heavy atom. The Labute approximate surface area is 130 Å². The summed E-state index contributed by atoms with van der Waals surface area (Å²) in [6.45, 7) is 3.21. The molecular weight excluding hydrogens is 279 g/mol. The maximum atomic E-state index is 12.9. The number of ether oxygens (including phenoxy) is 1. The van der Waals surface area contributed by atoms with Gasteiger partial charge in [0.1, 0.15) is 17.3 Å². The lowest BCUT2D eigenvalue weighted by Gasteiger charge is -2.23. The molecule has 22 heavy (non-hydrogen) atoms.